The minimum Gasteiger partial charge on any atom is -0.454 e. The fourth-order valence-electron chi connectivity index (χ4n) is 4.98. The lowest BCUT2D eigenvalue weighted by atomic mass is 10.3. The van der Waals surface area contributed by atoms with Crippen LogP contribution in [0.1, 0.15) is 0 Å². The van der Waals surface area contributed by atoms with Crippen LogP contribution in [0.5, 0.6) is 46.0 Å². The van der Waals surface area contributed by atoms with E-state index in [2.05, 4.69) is 24.3 Å². The third-order valence-electron chi connectivity index (χ3n) is 7.13. The summed E-state index contributed by atoms with van der Waals surface area (Å²) in [5.74, 6) is 6.32. The summed E-state index contributed by atoms with van der Waals surface area (Å²) < 4.78 is 25.6. The molecular weight excluding hydrogens is 577 g/mol. The van der Waals surface area contributed by atoms with Crippen LogP contribution in [-0.2, 0) is 0 Å². The predicted octanol–water partition coefficient (Wildman–Crippen LogP) is 7.98. The Morgan fingerprint density at radius 2 is 0.636 bits per heavy atom. The van der Waals surface area contributed by atoms with Crippen molar-refractivity contribution in [2.45, 2.75) is 12.1 Å². The van der Waals surface area contributed by atoms with E-state index < -0.39 is 19.0 Å². The van der Waals surface area contributed by atoms with Gasteiger partial charge in [-0.15, -0.1) is 0 Å². The van der Waals surface area contributed by atoms with Gasteiger partial charge in [0, 0.05) is 0 Å². The van der Waals surface area contributed by atoms with Crippen LogP contribution in [0.4, 0.5) is 0 Å². The summed E-state index contributed by atoms with van der Waals surface area (Å²) in [5, 5.41) is 2.52. The van der Waals surface area contributed by atoms with Crippen LogP contribution in [0.3, 0.4) is 0 Å². The molecule has 6 aromatic rings. The summed E-state index contributed by atoms with van der Waals surface area (Å²) >= 11 is 0. The average molecular weight is 611 g/mol. The molecule has 0 saturated heterocycles. The van der Waals surface area contributed by atoms with Crippen molar-refractivity contribution >= 4 is 29.4 Å². The van der Waals surface area contributed by atoms with Gasteiger partial charge in [-0.3, -0.25) is 0 Å². The summed E-state index contributed by atoms with van der Waals surface area (Å²) in [4.78, 5) is 0. The molecule has 0 heterocycles. The highest BCUT2D eigenvalue weighted by Crippen LogP contribution is 2.35. The number of hydrogen-bond donors (Lipinski definition) is 0. The zero-order chi connectivity index (χ0) is 29.8. The van der Waals surface area contributed by atoms with Crippen LogP contribution in [0.15, 0.2) is 158 Å². The fraction of sp³-hybridized carbons (Fsp3) is 0.0526. The van der Waals surface area contributed by atoms with Crippen molar-refractivity contribution in [3.63, 3.8) is 0 Å². The summed E-state index contributed by atoms with van der Waals surface area (Å²) in [6, 6.07) is 54.5. The quantitative estimate of drug-likeness (QED) is 0.0982. The first-order chi connectivity index (χ1) is 21.8. The Labute approximate surface area is 263 Å². The molecule has 0 aliphatic carbocycles. The van der Waals surface area contributed by atoms with Gasteiger partial charge in [-0.1, -0.05) is 109 Å². The van der Waals surface area contributed by atoms with Crippen molar-refractivity contribution in [1.29, 1.82) is 0 Å². The maximum Gasteiger partial charge on any atom is 0.169 e. The molecule has 6 aromatic carbocycles. The van der Waals surface area contributed by atoms with E-state index in [1.54, 1.807) is 0 Å². The zero-order valence-corrected chi connectivity index (χ0v) is 27.3. The first-order valence-electron chi connectivity index (χ1n) is 15.0. The number of benzene rings is 6. The number of para-hydroxylation sites is 6. The first-order valence-corrected chi connectivity index (χ1v) is 18.4. The molecule has 44 heavy (non-hydrogen) atoms. The molecule has 0 bridgehead atoms. The van der Waals surface area contributed by atoms with E-state index in [0.717, 1.165) is 58.1 Å². The van der Waals surface area contributed by atoms with Crippen molar-refractivity contribution in [3.05, 3.63) is 158 Å². The molecule has 0 aliphatic heterocycles. The molecule has 0 atom stereocenters. The van der Waals surface area contributed by atoms with Gasteiger partial charge in [0.15, 0.2) is 23.0 Å². The molecule has 0 fully saturated rings. The SMILES string of the molecule is c1ccc(Oc2cccc([SiH2]CC[SiH2]c3cccc(Oc4ccccc4)c3Oc3ccccc3)c2Oc2ccccc2)cc1. The van der Waals surface area contributed by atoms with E-state index in [1.807, 2.05) is 133 Å². The molecule has 0 amide bonds. The Bertz CT molecular complexity index is 1620. The monoisotopic (exact) mass is 610 g/mol. The maximum absolute atomic E-state index is 6.47. The van der Waals surface area contributed by atoms with Crippen molar-refractivity contribution in [2.75, 3.05) is 0 Å². The van der Waals surface area contributed by atoms with E-state index in [1.165, 1.54) is 10.4 Å². The predicted molar refractivity (Wildman–Crippen MR) is 185 cm³/mol. The highest BCUT2D eigenvalue weighted by molar-refractivity contribution is 6.60. The van der Waals surface area contributed by atoms with Gasteiger partial charge < -0.3 is 18.9 Å². The molecule has 0 aliphatic rings. The molecule has 4 nitrogen and oxygen atoms in total. The lowest BCUT2D eigenvalue weighted by molar-refractivity contribution is 0.421. The minimum atomic E-state index is -0.651. The van der Waals surface area contributed by atoms with E-state index in [9.17, 15) is 0 Å². The second kappa shape index (κ2) is 14.9. The highest BCUT2D eigenvalue weighted by Gasteiger charge is 2.16. The molecule has 0 spiro atoms. The molecule has 6 heteroatoms. The molecule has 0 radical (unpaired) electrons. The van der Waals surface area contributed by atoms with Crippen molar-refractivity contribution in [1.82, 2.24) is 0 Å². The van der Waals surface area contributed by atoms with Gasteiger partial charge in [-0.05, 0) is 71.0 Å². The topological polar surface area (TPSA) is 36.9 Å². The van der Waals surface area contributed by atoms with Crippen LogP contribution < -0.4 is 29.3 Å². The minimum absolute atomic E-state index is 0.651. The van der Waals surface area contributed by atoms with Crippen molar-refractivity contribution in [3.8, 4) is 46.0 Å². The van der Waals surface area contributed by atoms with Gasteiger partial charge >= 0.3 is 0 Å². The van der Waals surface area contributed by atoms with E-state index in [4.69, 9.17) is 18.9 Å². The zero-order valence-electron chi connectivity index (χ0n) is 24.5. The van der Waals surface area contributed by atoms with Gasteiger partial charge in [0.25, 0.3) is 0 Å². The largest absolute Gasteiger partial charge is 0.454 e. The van der Waals surface area contributed by atoms with Gasteiger partial charge in [-0.2, -0.15) is 0 Å². The van der Waals surface area contributed by atoms with Crippen LogP contribution in [0.25, 0.3) is 0 Å². The Kier molecular flexibility index (Phi) is 9.84. The maximum atomic E-state index is 6.47. The lowest BCUT2D eigenvalue weighted by Crippen LogP contribution is -2.21. The van der Waals surface area contributed by atoms with Crippen molar-refractivity contribution < 1.29 is 18.9 Å². The standard InChI is InChI=1S/C38H34O4Si2/c1-5-15-29(16-6-1)39-33-23-13-25-35(37(33)41-31-19-9-3-10-20-31)43-27-28-44-36-26-14-24-34(40-30-17-7-2-8-18-30)38(36)42-32-21-11-4-12-22-32/h1-26H,27-28,43-44H2. The van der Waals surface area contributed by atoms with E-state index in [0.29, 0.717) is 0 Å². The smallest absolute Gasteiger partial charge is 0.169 e. The van der Waals surface area contributed by atoms with Crippen LogP contribution in [0, 0.1) is 0 Å². The summed E-state index contributed by atoms with van der Waals surface area (Å²) in [6.07, 6.45) is 0. The second-order valence-corrected chi connectivity index (χ2v) is 14.3. The summed E-state index contributed by atoms with van der Waals surface area (Å²) in [7, 11) is -1.30. The molecular formula is C38H34O4Si2. The highest BCUT2D eigenvalue weighted by atomic mass is 28.2. The Morgan fingerprint density at radius 1 is 0.318 bits per heavy atom. The molecule has 0 N–H and O–H groups in total. The normalized spacial score (nSPS) is 11.2. The number of hydrogen-bond acceptors (Lipinski definition) is 4. The Hall–Kier alpha value is -5.05. The first kappa shape index (κ1) is 29.0. The molecule has 0 aromatic heterocycles. The van der Waals surface area contributed by atoms with Gasteiger partial charge in [0.1, 0.15) is 23.0 Å². The Morgan fingerprint density at radius 3 is 0.977 bits per heavy atom. The lowest BCUT2D eigenvalue weighted by Gasteiger charge is -2.17. The molecule has 0 saturated carbocycles. The number of rotatable bonds is 13. The molecule has 218 valence electrons. The third-order valence-corrected chi connectivity index (χ3v) is 12.0. The van der Waals surface area contributed by atoms with Crippen LogP contribution >= 0.6 is 0 Å². The fourth-order valence-corrected chi connectivity index (χ4v) is 9.30. The van der Waals surface area contributed by atoms with Crippen molar-refractivity contribution in [2.24, 2.45) is 0 Å². The van der Waals surface area contributed by atoms with Gasteiger partial charge in [0.05, 0.1) is 19.0 Å². The van der Waals surface area contributed by atoms with Gasteiger partial charge in [0.2, 0.25) is 0 Å². The Balaban J connectivity index is 1.20. The summed E-state index contributed by atoms with van der Waals surface area (Å²) in [6.45, 7) is 0. The third kappa shape index (κ3) is 7.86. The second-order valence-electron chi connectivity index (χ2n) is 10.4. The van der Waals surface area contributed by atoms with Crippen LogP contribution in [0.2, 0.25) is 12.1 Å². The summed E-state index contributed by atoms with van der Waals surface area (Å²) in [5.41, 5.74) is 0. The van der Waals surface area contributed by atoms with E-state index in [-0.39, 0.29) is 0 Å². The molecule has 0 unspecified atom stereocenters. The number of ether oxygens (including phenoxy) is 4. The molecule has 6 rings (SSSR count). The van der Waals surface area contributed by atoms with Gasteiger partial charge in [-0.25, -0.2) is 0 Å². The van der Waals surface area contributed by atoms with E-state index >= 15 is 0 Å². The van der Waals surface area contributed by atoms with Crippen LogP contribution in [-0.4, -0.2) is 19.0 Å². The average Bonchev–Trinajstić information content (AvgIpc) is 3.07.